The maximum Gasteiger partial charge on any atom is 0.273 e. The molecule has 3 N–H and O–H groups in total. The number of nitrogens with one attached hydrogen (secondary N) is 1. The molecule has 1 aliphatic heterocycles. The Hall–Kier alpha value is -4.20. The summed E-state index contributed by atoms with van der Waals surface area (Å²) in [7, 11) is 0. The van der Waals surface area contributed by atoms with Gasteiger partial charge in [0.1, 0.15) is 22.9 Å². The Labute approximate surface area is 196 Å². The molecule has 8 nitrogen and oxygen atoms in total. The van der Waals surface area contributed by atoms with E-state index < -0.39 is 6.04 Å². The Morgan fingerprint density at radius 2 is 2.00 bits per heavy atom. The van der Waals surface area contributed by atoms with E-state index in [1.807, 2.05) is 39.0 Å². The molecule has 0 fully saturated rings. The summed E-state index contributed by atoms with van der Waals surface area (Å²) in [5, 5.41) is 28.4. The molecule has 1 amide bonds. The van der Waals surface area contributed by atoms with Crippen molar-refractivity contribution in [2.75, 3.05) is 6.61 Å². The summed E-state index contributed by atoms with van der Waals surface area (Å²) in [4.78, 5) is 15.2. The summed E-state index contributed by atoms with van der Waals surface area (Å²) in [5.41, 5.74) is 4.51. The predicted molar refractivity (Wildman–Crippen MR) is 125 cm³/mol. The highest BCUT2D eigenvalue weighted by atomic mass is 16.5. The number of hydrogen-bond donors (Lipinski definition) is 3. The number of fused-ring (bicyclic) bond motifs is 1. The molecule has 34 heavy (non-hydrogen) atoms. The topological polar surface area (TPSA) is 112 Å². The monoisotopic (exact) mass is 459 g/mol. The van der Waals surface area contributed by atoms with Crippen LogP contribution in [0.15, 0.2) is 53.1 Å². The van der Waals surface area contributed by atoms with E-state index in [0.717, 1.165) is 16.7 Å². The maximum atomic E-state index is 13.5. The van der Waals surface area contributed by atoms with E-state index in [0.29, 0.717) is 40.6 Å². The van der Waals surface area contributed by atoms with Gasteiger partial charge in [-0.2, -0.15) is 5.10 Å². The average Bonchev–Trinajstić information content (AvgIpc) is 3.52. The van der Waals surface area contributed by atoms with Crippen molar-refractivity contribution in [1.29, 1.82) is 0 Å². The zero-order chi connectivity index (χ0) is 24.0. The fourth-order valence-corrected chi connectivity index (χ4v) is 4.59. The molecule has 0 saturated heterocycles. The van der Waals surface area contributed by atoms with E-state index in [1.54, 1.807) is 35.4 Å². The quantitative estimate of drug-likeness (QED) is 0.380. The van der Waals surface area contributed by atoms with E-state index in [-0.39, 0.29) is 24.0 Å². The van der Waals surface area contributed by atoms with Crippen LogP contribution in [-0.4, -0.2) is 37.8 Å². The number of nitrogens with zero attached hydrogens (tertiary/aromatic N) is 2. The van der Waals surface area contributed by atoms with Crippen molar-refractivity contribution in [2.45, 2.75) is 33.4 Å². The zero-order valence-corrected chi connectivity index (χ0v) is 19.1. The van der Waals surface area contributed by atoms with Crippen LogP contribution in [0, 0.1) is 13.8 Å². The molecule has 0 radical (unpaired) electrons. The lowest BCUT2D eigenvalue weighted by atomic mass is 9.94. The van der Waals surface area contributed by atoms with Crippen LogP contribution in [0.3, 0.4) is 0 Å². The van der Waals surface area contributed by atoms with Gasteiger partial charge in [0.2, 0.25) is 0 Å². The molecule has 3 heterocycles. The minimum atomic E-state index is -0.540. The van der Waals surface area contributed by atoms with Crippen LogP contribution < -0.4 is 4.74 Å². The van der Waals surface area contributed by atoms with Crippen molar-refractivity contribution in [3.8, 4) is 28.5 Å². The number of benzene rings is 2. The number of rotatable bonds is 6. The second-order valence-corrected chi connectivity index (χ2v) is 8.41. The first-order valence-electron chi connectivity index (χ1n) is 11.1. The lowest BCUT2D eigenvalue weighted by Crippen LogP contribution is -2.29. The van der Waals surface area contributed by atoms with Gasteiger partial charge in [-0.3, -0.25) is 9.89 Å². The van der Waals surface area contributed by atoms with Gasteiger partial charge in [-0.15, -0.1) is 0 Å². The number of ether oxygens (including phenoxy) is 1. The minimum absolute atomic E-state index is 0.0205. The normalized spacial score (nSPS) is 15.1. The fraction of sp³-hybridized carbons (Fsp3) is 0.231. The van der Waals surface area contributed by atoms with Gasteiger partial charge in [0.25, 0.3) is 5.91 Å². The Kier molecular flexibility index (Phi) is 5.28. The van der Waals surface area contributed by atoms with Gasteiger partial charge >= 0.3 is 0 Å². The number of carbonyl (C=O) groups excluding carboxylic acids is 1. The van der Waals surface area contributed by atoms with Crippen LogP contribution in [0.25, 0.3) is 11.3 Å². The van der Waals surface area contributed by atoms with Gasteiger partial charge in [-0.05, 0) is 67.8 Å². The first-order valence-corrected chi connectivity index (χ1v) is 11.1. The maximum absolute atomic E-state index is 13.5. The number of hydrogen-bond acceptors (Lipinski definition) is 6. The highest BCUT2D eigenvalue weighted by molar-refractivity contribution is 6.00. The van der Waals surface area contributed by atoms with Gasteiger partial charge in [-0.25, -0.2) is 0 Å². The standard InChI is InChI=1S/C26H25N3O5/c1-4-33-20-12-16(7-8-19(20)30)24-21-22(18-11-14(2)10-15(3)25(18)31)27-28-23(21)26(32)29(24)13-17-6-5-9-34-17/h5-12,24,30-31H,4,13H2,1-3H3,(H,27,28)/t24-/m0/s1. The van der Waals surface area contributed by atoms with Crippen LogP contribution >= 0.6 is 0 Å². The van der Waals surface area contributed by atoms with E-state index in [9.17, 15) is 15.0 Å². The molecule has 4 aromatic rings. The molecule has 0 bridgehead atoms. The number of aryl methyl sites for hydroxylation is 2. The number of amides is 1. The van der Waals surface area contributed by atoms with Crippen molar-refractivity contribution in [3.05, 3.63) is 82.4 Å². The number of phenolic OH excluding ortho intramolecular Hbond substituents is 2. The van der Waals surface area contributed by atoms with E-state index in [2.05, 4.69) is 10.2 Å². The highest BCUT2D eigenvalue weighted by Gasteiger charge is 2.43. The molecule has 2 aromatic carbocycles. The average molecular weight is 460 g/mol. The molecule has 1 atom stereocenters. The predicted octanol–water partition coefficient (Wildman–Crippen LogP) is 4.84. The van der Waals surface area contributed by atoms with Crippen LogP contribution in [0.5, 0.6) is 17.2 Å². The lowest BCUT2D eigenvalue weighted by Gasteiger charge is -2.26. The van der Waals surface area contributed by atoms with E-state index in [4.69, 9.17) is 9.15 Å². The Morgan fingerprint density at radius 3 is 2.74 bits per heavy atom. The fourth-order valence-electron chi connectivity index (χ4n) is 4.59. The second kappa shape index (κ2) is 8.30. The smallest absolute Gasteiger partial charge is 0.273 e. The Bertz CT molecular complexity index is 1370. The van der Waals surface area contributed by atoms with Gasteiger partial charge in [0.05, 0.1) is 25.5 Å². The Morgan fingerprint density at radius 1 is 1.18 bits per heavy atom. The van der Waals surface area contributed by atoms with E-state index in [1.165, 1.54) is 0 Å². The molecule has 1 aliphatic rings. The molecule has 174 valence electrons. The van der Waals surface area contributed by atoms with Gasteiger partial charge in [0, 0.05) is 11.1 Å². The lowest BCUT2D eigenvalue weighted by molar-refractivity contribution is 0.0716. The largest absolute Gasteiger partial charge is 0.507 e. The first-order chi connectivity index (χ1) is 16.4. The third kappa shape index (κ3) is 3.48. The van der Waals surface area contributed by atoms with Crippen molar-refractivity contribution >= 4 is 5.91 Å². The molecule has 0 spiro atoms. The summed E-state index contributed by atoms with van der Waals surface area (Å²) < 4.78 is 11.1. The third-order valence-electron chi connectivity index (χ3n) is 6.07. The highest BCUT2D eigenvalue weighted by Crippen LogP contribution is 2.47. The zero-order valence-electron chi connectivity index (χ0n) is 19.1. The van der Waals surface area contributed by atoms with E-state index >= 15 is 0 Å². The van der Waals surface area contributed by atoms with Gasteiger partial charge in [-0.1, -0.05) is 12.1 Å². The van der Waals surface area contributed by atoms with Crippen LogP contribution in [0.2, 0.25) is 0 Å². The summed E-state index contributed by atoms with van der Waals surface area (Å²) in [5.74, 6) is 0.877. The van der Waals surface area contributed by atoms with Gasteiger partial charge < -0.3 is 24.3 Å². The van der Waals surface area contributed by atoms with Crippen LogP contribution in [0.4, 0.5) is 0 Å². The summed E-state index contributed by atoms with van der Waals surface area (Å²) >= 11 is 0. The molecule has 0 aliphatic carbocycles. The summed E-state index contributed by atoms with van der Waals surface area (Å²) in [6.07, 6.45) is 1.57. The number of H-pyrrole nitrogens is 1. The summed E-state index contributed by atoms with van der Waals surface area (Å²) in [6.45, 7) is 6.24. The molecular weight excluding hydrogens is 434 g/mol. The third-order valence-corrected chi connectivity index (χ3v) is 6.07. The van der Waals surface area contributed by atoms with Crippen molar-refractivity contribution < 1.29 is 24.2 Å². The second-order valence-electron chi connectivity index (χ2n) is 8.41. The Balaban J connectivity index is 1.71. The number of aromatic hydroxyl groups is 2. The SMILES string of the molecule is CCOc1cc([C@H]2c3c(-c4cc(C)cc(C)c4O)n[nH]c3C(=O)N2Cc2ccco2)ccc1O. The summed E-state index contributed by atoms with van der Waals surface area (Å²) in [6, 6.07) is 11.9. The minimum Gasteiger partial charge on any atom is -0.507 e. The molecule has 5 rings (SSSR count). The number of aromatic nitrogens is 2. The van der Waals surface area contributed by atoms with Crippen molar-refractivity contribution in [3.63, 3.8) is 0 Å². The molecule has 0 unspecified atom stereocenters. The number of phenols is 2. The van der Waals surface area contributed by atoms with Gasteiger partial charge in [0.15, 0.2) is 11.5 Å². The molecular formula is C26H25N3O5. The number of furan rings is 1. The molecule has 0 saturated carbocycles. The number of aromatic amines is 1. The van der Waals surface area contributed by atoms with Crippen LogP contribution in [0.1, 0.15) is 51.5 Å². The first kappa shape index (κ1) is 21.6. The molecule has 2 aromatic heterocycles. The number of carbonyl (C=O) groups is 1. The van der Waals surface area contributed by atoms with Crippen molar-refractivity contribution in [1.82, 2.24) is 15.1 Å². The van der Waals surface area contributed by atoms with Crippen molar-refractivity contribution in [2.24, 2.45) is 0 Å². The molecule has 8 heteroatoms. The van der Waals surface area contributed by atoms with Crippen LogP contribution in [-0.2, 0) is 6.54 Å².